The maximum Gasteiger partial charge on any atom is 0.0568 e. The molecule has 0 radical (unpaired) electrons. The summed E-state index contributed by atoms with van der Waals surface area (Å²) in [6.45, 7) is 12.3. The molecule has 0 bridgehead atoms. The number of hydrogen-bond donors (Lipinski definition) is 1. The maximum absolute atomic E-state index is 6.18. The summed E-state index contributed by atoms with van der Waals surface area (Å²) >= 11 is 0. The summed E-state index contributed by atoms with van der Waals surface area (Å²) in [4.78, 5) is 2.67. The second-order valence-electron chi connectivity index (χ2n) is 7.28. The molecule has 2 unspecified atom stereocenters. The van der Waals surface area contributed by atoms with Crippen LogP contribution in [-0.2, 0) is 4.74 Å². The lowest BCUT2D eigenvalue weighted by molar-refractivity contribution is -0.116. The first-order chi connectivity index (χ1) is 8.37. The molecule has 2 rings (SSSR count). The first-order valence-corrected chi connectivity index (χ1v) is 7.47. The van der Waals surface area contributed by atoms with Crippen LogP contribution in [0.3, 0.4) is 0 Å². The van der Waals surface area contributed by atoms with E-state index in [1.165, 1.54) is 25.9 Å². The van der Waals surface area contributed by atoms with E-state index in [0.29, 0.717) is 17.6 Å². The van der Waals surface area contributed by atoms with Crippen LogP contribution in [0.2, 0.25) is 0 Å². The number of piperidine rings is 1. The zero-order valence-electron chi connectivity index (χ0n) is 12.5. The van der Waals surface area contributed by atoms with Gasteiger partial charge in [-0.1, -0.05) is 13.8 Å². The van der Waals surface area contributed by atoms with Crippen molar-refractivity contribution in [1.82, 2.24) is 4.90 Å². The SMILES string of the molecule is CC1CC(CN)(N2CCCC(C)(C)C2)CC(C)O1. The van der Waals surface area contributed by atoms with Gasteiger partial charge in [-0.05, 0) is 51.5 Å². The van der Waals surface area contributed by atoms with Gasteiger partial charge in [0.2, 0.25) is 0 Å². The summed E-state index contributed by atoms with van der Waals surface area (Å²) in [6, 6.07) is 0. The highest BCUT2D eigenvalue weighted by Crippen LogP contribution is 2.39. The molecule has 0 aromatic carbocycles. The van der Waals surface area contributed by atoms with Crippen molar-refractivity contribution in [3.05, 3.63) is 0 Å². The third-order valence-corrected chi connectivity index (χ3v) is 4.75. The molecular weight excluding hydrogens is 224 g/mol. The van der Waals surface area contributed by atoms with Gasteiger partial charge in [0, 0.05) is 18.6 Å². The van der Waals surface area contributed by atoms with Crippen molar-refractivity contribution in [3.8, 4) is 0 Å². The quantitative estimate of drug-likeness (QED) is 0.822. The molecule has 106 valence electrons. The topological polar surface area (TPSA) is 38.5 Å². The van der Waals surface area contributed by atoms with E-state index in [1.54, 1.807) is 0 Å². The molecule has 2 saturated heterocycles. The standard InChI is InChI=1S/C15H30N2O/c1-12-8-15(10-16,9-13(2)18-12)17-7-5-6-14(3,4)11-17/h12-13H,5-11,16H2,1-4H3. The van der Waals surface area contributed by atoms with Crippen LogP contribution >= 0.6 is 0 Å². The van der Waals surface area contributed by atoms with E-state index in [4.69, 9.17) is 10.5 Å². The fraction of sp³-hybridized carbons (Fsp3) is 1.00. The van der Waals surface area contributed by atoms with Crippen LogP contribution in [0, 0.1) is 5.41 Å². The fourth-order valence-corrected chi connectivity index (χ4v) is 4.03. The summed E-state index contributed by atoms with van der Waals surface area (Å²) in [5, 5.41) is 0. The second-order valence-corrected chi connectivity index (χ2v) is 7.28. The van der Waals surface area contributed by atoms with Gasteiger partial charge in [-0.2, -0.15) is 0 Å². The monoisotopic (exact) mass is 254 g/mol. The van der Waals surface area contributed by atoms with Crippen LogP contribution in [0.15, 0.2) is 0 Å². The molecule has 2 fully saturated rings. The lowest BCUT2D eigenvalue weighted by atomic mass is 9.77. The van der Waals surface area contributed by atoms with Gasteiger partial charge in [0.25, 0.3) is 0 Å². The largest absolute Gasteiger partial charge is 0.375 e. The van der Waals surface area contributed by atoms with Crippen molar-refractivity contribution in [3.63, 3.8) is 0 Å². The predicted octanol–water partition coefficient (Wildman–Crippen LogP) is 2.39. The summed E-state index contributed by atoms with van der Waals surface area (Å²) in [7, 11) is 0. The van der Waals surface area contributed by atoms with E-state index in [-0.39, 0.29) is 5.54 Å². The van der Waals surface area contributed by atoms with Gasteiger partial charge in [-0.3, -0.25) is 4.90 Å². The first kappa shape index (κ1) is 14.3. The average Bonchev–Trinajstić information content (AvgIpc) is 2.26. The van der Waals surface area contributed by atoms with Gasteiger partial charge in [-0.25, -0.2) is 0 Å². The minimum absolute atomic E-state index is 0.175. The van der Waals surface area contributed by atoms with Crippen LogP contribution in [-0.4, -0.2) is 42.3 Å². The van der Waals surface area contributed by atoms with E-state index < -0.39 is 0 Å². The molecule has 18 heavy (non-hydrogen) atoms. The van der Waals surface area contributed by atoms with Crippen molar-refractivity contribution in [1.29, 1.82) is 0 Å². The van der Waals surface area contributed by atoms with Gasteiger partial charge in [-0.15, -0.1) is 0 Å². The van der Waals surface area contributed by atoms with Crippen molar-refractivity contribution >= 4 is 0 Å². The third-order valence-electron chi connectivity index (χ3n) is 4.75. The normalized spacial score (nSPS) is 41.8. The van der Waals surface area contributed by atoms with Crippen molar-refractivity contribution in [2.45, 2.75) is 71.1 Å². The average molecular weight is 254 g/mol. The van der Waals surface area contributed by atoms with Gasteiger partial charge < -0.3 is 10.5 Å². The Labute approximate surface area is 112 Å². The summed E-state index contributed by atoms with van der Waals surface area (Å²) in [5.41, 5.74) is 6.80. The minimum Gasteiger partial charge on any atom is -0.375 e. The maximum atomic E-state index is 6.18. The third kappa shape index (κ3) is 2.89. The van der Waals surface area contributed by atoms with E-state index in [1.807, 2.05) is 0 Å². The molecule has 0 spiro atoms. The Hall–Kier alpha value is -0.120. The first-order valence-electron chi connectivity index (χ1n) is 7.47. The number of ether oxygens (including phenoxy) is 1. The summed E-state index contributed by atoms with van der Waals surface area (Å²) < 4.78 is 5.90. The van der Waals surface area contributed by atoms with E-state index >= 15 is 0 Å². The number of rotatable bonds is 2. The van der Waals surface area contributed by atoms with Gasteiger partial charge in [0.1, 0.15) is 0 Å². The molecule has 3 heteroatoms. The molecule has 2 N–H and O–H groups in total. The number of nitrogens with zero attached hydrogens (tertiary/aromatic N) is 1. The Morgan fingerprint density at radius 1 is 1.22 bits per heavy atom. The van der Waals surface area contributed by atoms with Gasteiger partial charge in [0.05, 0.1) is 12.2 Å². The Morgan fingerprint density at radius 3 is 2.33 bits per heavy atom. The highest BCUT2D eigenvalue weighted by atomic mass is 16.5. The second kappa shape index (κ2) is 5.10. The molecular formula is C15H30N2O. The van der Waals surface area contributed by atoms with Gasteiger partial charge in [0.15, 0.2) is 0 Å². The molecule has 2 aliphatic rings. The zero-order valence-corrected chi connectivity index (χ0v) is 12.5. The molecule has 2 heterocycles. The highest BCUT2D eigenvalue weighted by Gasteiger charge is 2.44. The molecule has 2 aliphatic heterocycles. The van der Waals surface area contributed by atoms with Crippen LogP contribution in [0.25, 0.3) is 0 Å². The molecule has 0 saturated carbocycles. The zero-order chi connectivity index (χ0) is 13.4. The smallest absolute Gasteiger partial charge is 0.0568 e. The lowest BCUT2D eigenvalue weighted by Crippen LogP contribution is -2.62. The lowest BCUT2D eigenvalue weighted by Gasteiger charge is -2.53. The van der Waals surface area contributed by atoms with Crippen molar-refractivity contribution in [2.24, 2.45) is 11.1 Å². The molecule has 3 nitrogen and oxygen atoms in total. The molecule has 0 aromatic rings. The van der Waals surface area contributed by atoms with E-state index in [9.17, 15) is 0 Å². The molecule has 2 atom stereocenters. The number of hydrogen-bond acceptors (Lipinski definition) is 3. The van der Waals surface area contributed by atoms with Crippen molar-refractivity contribution < 1.29 is 4.74 Å². The number of likely N-dealkylation sites (tertiary alicyclic amines) is 1. The predicted molar refractivity (Wildman–Crippen MR) is 75.6 cm³/mol. The van der Waals surface area contributed by atoms with Crippen LogP contribution < -0.4 is 5.73 Å². The Balaban J connectivity index is 2.15. The Morgan fingerprint density at radius 2 is 1.83 bits per heavy atom. The van der Waals surface area contributed by atoms with E-state index in [2.05, 4.69) is 32.6 Å². The highest BCUT2D eigenvalue weighted by molar-refractivity contribution is 5.00. The van der Waals surface area contributed by atoms with Crippen molar-refractivity contribution in [2.75, 3.05) is 19.6 Å². The molecule has 0 aliphatic carbocycles. The summed E-state index contributed by atoms with van der Waals surface area (Å²) in [5.74, 6) is 0. The fourth-order valence-electron chi connectivity index (χ4n) is 4.03. The van der Waals surface area contributed by atoms with Crippen LogP contribution in [0.5, 0.6) is 0 Å². The Bertz CT molecular complexity index is 280. The Kier molecular flexibility index (Phi) is 4.05. The van der Waals surface area contributed by atoms with Crippen LogP contribution in [0.1, 0.15) is 53.4 Å². The summed E-state index contributed by atoms with van der Waals surface area (Å²) in [6.07, 6.45) is 5.49. The van der Waals surface area contributed by atoms with Crippen LogP contribution in [0.4, 0.5) is 0 Å². The molecule has 0 amide bonds. The number of nitrogens with two attached hydrogens (primary N) is 1. The van der Waals surface area contributed by atoms with E-state index in [0.717, 1.165) is 19.4 Å². The molecule has 0 aromatic heterocycles. The minimum atomic E-state index is 0.175. The van der Waals surface area contributed by atoms with Gasteiger partial charge >= 0.3 is 0 Å².